The Kier molecular flexibility index (Phi) is 3.27. The van der Waals surface area contributed by atoms with Gasteiger partial charge in [-0.2, -0.15) is 5.10 Å². The van der Waals surface area contributed by atoms with E-state index in [1.54, 1.807) is 6.07 Å². The monoisotopic (exact) mass is 334 g/mol. The van der Waals surface area contributed by atoms with Crippen LogP contribution in [0.3, 0.4) is 0 Å². The first-order valence-corrected chi connectivity index (χ1v) is 8.56. The number of aromatic nitrogens is 2. The Bertz CT molecular complexity index is 785. The summed E-state index contributed by atoms with van der Waals surface area (Å²) in [4.78, 5) is -0.216. The van der Waals surface area contributed by atoms with Crippen LogP contribution < -0.4 is 0 Å². The molecule has 0 radical (unpaired) electrons. The van der Waals surface area contributed by atoms with Gasteiger partial charge in [-0.1, -0.05) is 23.7 Å². The Balaban J connectivity index is 2.26. The third-order valence-corrected chi connectivity index (χ3v) is 4.92. The van der Waals surface area contributed by atoms with Gasteiger partial charge in [0, 0.05) is 16.6 Å². The van der Waals surface area contributed by atoms with Crippen molar-refractivity contribution in [2.45, 2.75) is 23.7 Å². The zero-order chi connectivity index (χ0) is 14.5. The lowest BCUT2D eigenvalue weighted by Crippen LogP contribution is -2.00. The lowest BCUT2D eigenvalue weighted by Gasteiger charge is -2.03. The molecular weight excluding hydrogens is 326 g/mol. The average molecular weight is 335 g/mol. The minimum absolute atomic E-state index is 0.0176. The lowest BCUT2D eigenvalue weighted by atomic mass is 10.3. The third kappa shape index (κ3) is 2.32. The molecule has 1 aromatic carbocycles. The van der Waals surface area contributed by atoms with Crippen molar-refractivity contribution in [3.8, 4) is 5.69 Å². The van der Waals surface area contributed by atoms with Gasteiger partial charge in [-0.3, -0.25) is 0 Å². The van der Waals surface area contributed by atoms with Crippen molar-refractivity contribution in [3.63, 3.8) is 0 Å². The summed E-state index contributed by atoms with van der Waals surface area (Å²) in [5.41, 5.74) is 0.402. The molecule has 3 rings (SSSR count). The molecule has 2 aromatic rings. The van der Waals surface area contributed by atoms with Gasteiger partial charge in [-0.25, -0.2) is 17.5 Å². The van der Waals surface area contributed by atoms with Crippen molar-refractivity contribution in [3.05, 3.63) is 40.9 Å². The van der Waals surface area contributed by atoms with Gasteiger partial charge in [-0.05, 0) is 25.0 Å². The molecule has 1 aromatic heterocycles. The Hall–Kier alpha value is -1.11. The van der Waals surface area contributed by atoms with E-state index in [4.69, 9.17) is 22.3 Å². The molecule has 1 aliphatic rings. The molecule has 0 atom stereocenters. The Morgan fingerprint density at radius 2 is 1.95 bits per heavy atom. The molecule has 1 fully saturated rings. The predicted molar refractivity (Wildman–Crippen MR) is 73.5 cm³/mol. The quantitative estimate of drug-likeness (QED) is 0.807. The Labute approximate surface area is 124 Å². The smallest absolute Gasteiger partial charge is 0.218 e. The largest absolute Gasteiger partial charge is 0.266 e. The molecule has 0 aliphatic heterocycles. The van der Waals surface area contributed by atoms with Crippen LogP contribution in [-0.4, -0.2) is 18.2 Å². The number of para-hydroxylation sites is 1. The molecule has 4 nitrogen and oxygen atoms in total. The van der Waals surface area contributed by atoms with Crippen molar-refractivity contribution >= 4 is 31.3 Å². The van der Waals surface area contributed by atoms with E-state index in [9.17, 15) is 12.8 Å². The zero-order valence-corrected chi connectivity index (χ0v) is 12.4. The molecule has 1 heterocycles. The van der Waals surface area contributed by atoms with Crippen LogP contribution in [0.5, 0.6) is 0 Å². The highest BCUT2D eigenvalue weighted by atomic mass is 35.7. The topological polar surface area (TPSA) is 52.0 Å². The lowest BCUT2D eigenvalue weighted by molar-refractivity contribution is 0.607. The maximum absolute atomic E-state index is 13.8. The standard InChI is InChI=1S/C12H9Cl2FN2O2S/c13-12-11(20(14,18)19)10(7-5-6-7)16-17(12)9-4-2-1-3-8(9)15/h1-4,7H,5-6H2. The first-order valence-electron chi connectivity index (χ1n) is 5.87. The number of hydrogen-bond donors (Lipinski definition) is 0. The molecule has 0 N–H and O–H groups in total. The maximum atomic E-state index is 13.8. The molecule has 8 heteroatoms. The maximum Gasteiger partial charge on any atom is 0.266 e. The van der Waals surface area contributed by atoms with E-state index in [1.807, 2.05) is 0 Å². The van der Waals surface area contributed by atoms with Gasteiger partial charge in [0.05, 0.1) is 5.69 Å². The van der Waals surface area contributed by atoms with Crippen molar-refractivity contribution in [1.29, 1.82) is 0 Å². The third-order valence-electron chi connectivity index (χ3n) is 3.10. The molecular formula is C12H9Cl2FN2O2S. The SMILES string of the molecule is O=S(=O)(Cl)c1c(C2CC2)nn(-c2ccccc2F)c1Cl. The molecule has 1 aliphatic carbocycles. The van der Waals surface area contributed by atoms with E-state index in [0.29, 0.717) is 5.69 Å². The van der Waals surface area contributed by atoms with Crippen molar-refractivity contribution < 1.29 is 12.8 Å². The van der Waals surface area contributed by atoms with Crippen LogP contribution in [0.2, 0.25) is 5.15 Å². The van der Waals surface area contributed by atoms with E-state index in [1.165, 1.54) is 18.2 Å². The molecule has 0 unspecified atom stereocenters. The van der Waals surface area contributed by atoms with E-state index < -0.39 is 14.9 Å². The highest BCUT2D eigenvalue weighted by Gasteiger charge is 2.36. The highest BCUT2D eigenvalue weighted by Crippen LogP contribution is 2.45. The molecule has 0 saturated heterocycles. The molecule has 20 heavy (non-hydrogen) atoms. The fourth-order valence-corrected chi connectivity index (χ4v) is 3.88. The summed E-state index contributed by atoms with van der Waals surface area (Å²) >= 11 is 6.06. The van der Waals surface area contributed by atoms with E-state index in [2.05, 4.69) is 5.10 Å². The highest BCUT2D eigenvalue weighted by molar-refractivity contribution is 8.13. The summed E-state index contributed by atoms with van der Waals surface area (Å²) in [7, 11) is 1.39. The predicted octanol–water partition coefficient (Wildman–Crippen LogP) is 3.47. The fourth-order valence-electron chi connectivity index (χ4n) is 2.03. The zero-order valence-electron chi connectivity index (χ0n) is 10.1. The number of halogens is 3. The second kappa shape index (κ2) is 4.72. The van der Waals surface area contributed by atoms with Gasteiger partial charge < -0.3 is 0 Å². The normalized spacial score (nSPS) is 15.6. The van der Waals surface area contributed by atoms with Crippen LogP contribution in [0.1, 0.15) is 24.5 Å². The van der Waals surface area contributed by atoms with E-state index >= 15 is 0 Å². The molecule has 0 bridgehead atoms. The van der Waals surface area contributed by atoms with E-state index in [0.717, 1.165) is 17.5 Å². The molecule has 0 spiro atoms. The summed E-state index contributed by atoms with van der Waals surface area (Å²) in [6.07, 6.45) is 1.65. The summed E-state index contributed by atoms with van der Waals surface area (Å²) in [5, 5.41) is 3.96. The van der Waals surface area contributed by atoms with Gasteiger partial charge in [-0.15, -0.1) is 0 Å². The Morgan fingerprint density at radius 3 is 2.50 bits per heavy atom. The van der Waals surface area contributed by atoms with Crippen molar-refractivity contribution in [2.75, 3.05) is 0 Å². The fraction of sp³-hybridized carbons (Fsp3) is 0.250. The minimum atomic E-state index is -4.03. The van der Waals surface area contributed by atoms with Gasteiger partial charge in [0.15, 0.2) is 5.15 Å². The molecule has 1 saturated carbocycles. The number of benzene rings is 1. The van der Waals surface area contributed by atoms with Gasteiger partial charge >= 0.3 is 0 Å². The van der Waals surface area contributed by atoms with Gasteiger partial charge in [0.1, 0.15) is 16.4 Å². The average Bonchev–Trinajstić information content (AvgIpc) is 3.13. The number of nitrogens with zero attached hydrogens (tertiary/aromatic N) is 2. The van der Waals surface area contributed by atoms with Crippen LogP contribution in [0.25, 0.3) is 5.69 Å². The van der Waals surface area contributed by atoms with Crippen LogP contribution >= 0.6 is 22.3 Å². The van der Waals surface area contributed by atoms with Crippen LogP contribution in [0.15, 0.2) is 29.2 Å². The second-order valence-corrected chi connectivity index (χ2v) is 7.44. The van der Waals surface area contributed by atoms with Crippen LogP contribution in [0, 0.1) is 5.82 Å². The summed E-state index contributed by atoms with van der Waals surface area (Å²) < 4.78 is 38.2. The summed E-state index contributed by atoms with van der Waals surface area (Å²) in [6.45, 7) is 0. The van der Waals surface area contributed by atoms with Crippen molar-refractivity contribution in [1.82, 2.24) is 9.78 Å². The number of rotatable bonds is 3. The van der Waals surface area contributed by atoms with E-state index in [-0.39, 0.29) is 21.7 Å². The Morgan fingerprint density at radius 1 is 1.30 bits per heavy atom. The van der Waals surface area contributed by atoms with Crippen LogP contribution in [0.4, 0.5) is 4.39 Å². The first-order chi connectivity index (χ1) is 9.39. The second-order valence-electron chi connectivity index (χ2n) is 4.58. The summed E-state index contributed by atoms with van der Waals surface area (Å²) in [5.74, 6) is -0.526. The molecule has 106 valence electrons. The first kappa shape index (κ1) is 13.9. The van der Waals surface area contributed by atoms with Gasteiger partial charge in [0.2, 0.25) is 0 Å². The molecule has 0 amide bonds. The summed E-state index contributed by atoms with van der Waals surface area (Å²) in [6, 6.07) is 5.86. The van der Waals surface area contributed by atoms with Crippen LogP contribution in [-0.2, 0) is 9.05 Å². The number of hydrogen-bond acceptors (Lipinski definition) is 3. The minimum Gasteiger partial charge on any atom is -0.218 e. The van der Waals surface area contributed by atoms with Gasteiger partial charge in [0.25, 0.3) is 9.05 Å². The van der Waals surface area contributed by atoms with Crippen molar-refractivity contribution in [2.24, 2.45) is 0 Å².